The molecular weight excluding hydrogens is 255 g/mol. The summed E-state index contributed by atoms with van der Waals surface area (Å²) in [4.78, 5) is 0. The maximum absolute atomic E-state index is 11.9. The van der Waals surface area contributed by atoms with Crippen LogP contribution in [0.15, 0.2) is 0 Å². The maximum Gasteiger partial charge on any atom is 0.411 e. The number of nitrogens with one attached hydrogen (secondary N) is 1. The van der Waals surface area contributed by atoms with Gasteiger partial charge in [0.05, 0.1) is 6.61 Å². The molecule has 0 radical (unpaired) electrons. The van der Waals surface area contributed by atoms with Crippen LogP contribution in [0.1, 0.15) is 40.0 Å². The average molecular weight is 279 g/mol. The molecular formula is C14H24F3NO. The highest BCUT2D eigenvalue weighted by Gasteiger charge is 2.58. The van der Waals surface area contributed by atoms with Gasteiger partial charge in [-0.15, -0.1) is 0 Å². The van der Waals surface area contributed by atoms with Gasteiger partial charge in [0.15, 0.2) is 0 Å². The second-order valence-electron chi connectivity index (χ2n) is 6.97. The molecule has 2 bridgehead atoms. The zero-order chi connectivity index (χ0) is 14.3. The highest BCUT2D eigenvalue weighted by Crippen LogP contribution is 2.62. The third-order valence-electron chi connectivity index (χ3n) is 5.13. The van der Waals surface area contributed by atoms with E-state index in [2.05, 4.69) is 30.8 Å². The predicted octanol–water partition coefficient (Wildman–Crippen LogP) is 3.37. The molecule has 2 nitrogen and oxygen atoms in total. The molecule has 0 aromatic heterocycles. The van der Waals surface area contributed by atoms with Gasteiger partial charge in [-0.3, -0.25) is 0 Å². The van der Waals surface area contributed by atoms with Gasteiger partial charge in [0.1, 0.15) is 6.61 Å². The summed E-state index contributed by atoms with van der Waals surface area (Å²) in [6.07, 6.45) is -0.479. The molecule has 3 atom stereocenters. The Balaban J connectivity index is 1.77. The molecule has 1 N–H and O–H groups in total. The van der Waals surface area contributed by atoms with Gasteiger partial charge in [-0.2, -0.15) is 13.2 Å². The molecule has 0 aromatic carbocycles. The van der Waals surface area contributed by atoms with E-state index >= 15 is 0 Å². The standard InChI is InChI=1S/C14H24F3NO/c1-12(2)10-4-5-13(3,8-10)11(12)18-6-7-19-9-14(15,16)17/h10-11,18H,4-9H2,1-3H3/t10-,11?,13+/m0/s1. The van der Waals surface area contributed by atoms with Crippen LogP contribution in [0, 0.1) is 16.7 Å². The lowest BCUT2D eigenvalue weighted by atomic mass is 9.68. The fourth-order valence-corrected chi connectivity index (χ4v) is 4.27. The fraction of sp³-hybridized carbons (Fsp3) is 1.00. The largest absolute Gasteiger partial charge is 0.411 e. The van der Waals surface area contributed by atoms with Crippen molar-refractivity contribution < 1.29 is 17.9 Å². The summed E-state index contributed by atoms with van der Waals surface area (Å²) >= 11 is 0. The van der Waals surface area contributed by atoms with Crippen molar-refractivity contribution >= 4 is 0 Å². The van der Waals surface area contributed by atoms with Crippen LogP contribution in [-0.2, 0) is 4.74 Å². The van der Waals surface area contributed by atoms with Crippen LogP contribution < -0.4 is 5.32 Å². The molecule has 2 fully saturated rings. The molecule has 0 saturated heterocycles. The highest BCUT2D eigenvalue weighted by atomic mass is 19.4. The van der Waals surface area contributed by atoms with Crippen molar-refractivity contribution in [1.29, 1.82) is 0 Å². The minimum absolute atomic E-state index is 0.118. The summed E-state index contributed by atoms with van der Waals surface area (Å²) in [5, 5.41) is 3.44. The molecule has 112 valence electrons. The van der Waals surface area contributed by atoms with E-state index in [1.165, 1.54) is 19.3 Å². The number of halogens is 3. The number of hydrogen-bond acceptors (Lipinski definition) is 2. The number of rotatable bonds is 5. The fourth-order valence-electron chi connectivity index (χ4n) is 4.27. The first kappa shape index (κ1) is 15.1. The minimum Gasteiger partial charge on any atom is -0.371 e. The third-order valence-corrected chi connectivity index (χ3v) is 5.13. The van der Waals surface area contributed by atoms with Crippen molar-refractivity contribution in [2.24, 2.45) is 16.7 Å². The molecule has 5 heteroatoms. The normalized spacial score (nSPS) is 36.9. The highest BCUT2D eigenvalue weighted by molar-refractivity contribution is 5.11. The predicted molar refractivity (Wildman–Crippen MR) is 67.9 cm³/mol. The molecule has 2 rings (SSSR count). The van der Waals surface area contributed by atoms with E-state index in [0.29, 0.717) is 18.0 Å². The van der Waals surface area contributed by atoms with Gasteiger partial charge in [-0.1, -0.05) is 20.8 Å². The van der Waals surface area contributed by atoms with E-state index in [1.54, 1.807) is 0 Å². The summed E-state index contributed by atoms with van der Waals surface area (Å²) in [7, 11) is 0. The van der Waals surface area contributed by atoms with Gasteiger partial charge in [0.25, 0.3) is 0 Å². The first-order chi connectivity index (χ1) is 8.65. The second kappa shape index (κ2) is 4.92. The van der Waals surface area contributed by atoms with Gasteiger partial charge in [-0.25, -0.2) is 0 Å². The molecule has 2 aliphatic carbocycles. The Morgan fingerprint density at radius 3 is 2.47 bits per heavy atom. The van der Waals surface area contributed by atoms with E-state index in [9.17, 15) is 13.2 Å². The smallest absolute Gasteiger partial charge is 0.371 e. The Bertz CT molecular complexity index is 324. The van der Waals surface area contributed by atoms with E-state index in [4.69, 9.17) is 0 Å². The summed E-state index contributed by atoms with van der Waals surface area (Å²) in [5.74, 6) is 0.742. The zero-order valence-electron chi connectivity index (χ0n) is 11.9. The van der Waals surface area contributed by atoms with E-state index in [0.717, 1.165) is 5.92 Å². The average Bonchev–Trinajstić information content (AvgIpc) is 2.71. The van der Waals surface area contributed by atoms with Gasteiger partial charge in [0.2, 0.25) is 0 Å². The monoisotopic (exact) mass is 279 g/mol. The summed E-state index contributed by atoms with van der Waals surface area (Å²) in [6.45, 7) is 6.31. The first-order valence-electron chi connectivity index (χ1n) is 7.03. The summed E-state index contributed by atoms with van der Waals surface area (Å²) < 4.78 is 40.5. The van der Waals surface area contributed by atoms with Crippen LogP contribution in [-0.4, -0.2) is 32.0 Å². The van der Waals surface area contributed by atoms with E-state index in [1.807, 2.05) is 0 Å². The van der Waals surface area contributed by atoms with Gasteiger partial charge < -0.3 is 10.1 Å². The molecule has 1 unspecified atom stereocenters. The van der Waals surface area contributed by atoms with E-state index < -0.39 is 12.8 Å². The van der Waals surface area contributed by atoms with Crippen molar-refractivity contribution in [1.82, 2.24) is 5.32 Å². The molecule has 0 spiro atoms. The molecule has 19 heavy (non-hydrogen) atoms. The van der Waals surface area contributed by atoms with Crippen LogP contribution in [0.4, 0.5) is 13.2 Å². The summed E-state index contributed by atoms with van der Waals surface area (Å²) in [5.41, 5.74) is 0.537. The molecule has 0 amide bonds. The number of ether oxygens (including phenoxy) is 1. The van der Waals surface area contributed by atoms with Crippen molar-refractivity contribution in [2.45, 2.75) is 52.3 Å². The third kappa shape index (κ3) is 3.07. The maximum atomic E-state index is 11.9. The molecule has 0 aliphatic heterocycles. The lowest BCUT2D eigenvalue weighted by Gasteiger charge is -2.43. The Hall–Kier alpha value is -0.290. The van der Waals surface area contributed by atoms with Crippen LogP contribution in [0.3, 0.4) is 0 Å². The second-order valence-corrected chi connectivity index (χ2v) is 6.97. The Morgan fingerprint density at radius 2 is 1.95 bits per heavy atom. The molecule has 2 aliphatic rings. The molecule has 2 saturated carbocycles. The van der Waals surface area contributed by atoms with Crippen LogP contribution in [0.25, 0.3) is 0 Å². The Morgan fingerprint density at radius 1 is 1.26 bits per heavy atom. The SMILES string of the molecule is CC1(C)C(NCCOCC(F)(F)F)[C@]2(C)CC[C@H]1C2. The van der Waals surface area contributed by atoms with Crippen LogP contribution in [0.2, 0.25) is 0 Å². The van der Waals surface area contributed by atoms with Crippen LogP contribution >= 0.6 is 0 Å². The quantitative estimate of drug-likeness (QED) is 0.779. The number of hydrogen-bond donors (Lipinski definition) is 1. The van der Waals surface area contributed by atoms with Crippen molar-refractivity contribution in [3.8, 4) is 0 Å². The van der Waals surface area contributed by atoms with Gasteiger partial charge >= 0.3 is 6.18 Å². The van der Waals surface area contributed by atoms with Crippen molar-refractivity contribution in [2.75, 3.05) is 19.8 Å². The number of alkyl halides is 3. The zero-order valence-corrected chi connectivity index (χ0v) is 11.9. The van der Waals surface area contributed by atoms with Crippen molar-refractivity contribution in [3.05, 3.63) is 0 Å². The van der Waals surface area contributed by atoms with E-state index in [-0.39, 0.29) is 12.0 Å². The van der Waals surface area contributed by atoms with Gasteiger partial charge in [-0.05, 0) is 36.0 Å². The van der Waals surface area contributed by atoms with Gasteiger partial charge in [0, 0.05) is 12.6 Å². The Labute approximate surface area is 113 Å². The van der Waals surface area contributed by atoms with Crippen LogP contribution in [0.5, 0.6) is 0 Å². The lowest BCUT2D eigenvalue weighted by molar-refractivity contribution is -0.173. The van der Waals surface area contributed by atoms with Crippen molar-refractivity contribution in [3.63, 3.8) is 0 Å². The molecule has 0 heterocycles. The Kier molecular flexibility index (Phi) is 3.91. The topological polar surface area (TPSA) is 21.3 Å². The first-order valence-corrected chi connectivity index (χ1v) is 7.03. The number of fused-ring (bicyclic) bond motifs is 2. The minimum atomic E-state index is -4.22. The molecule has 0 aromatic rings. The lowest BCUT2D eigenvalue weighted by Crippen LogP contribution is -2.51. The summed E-state index contributed by atoms with van der Waals surface area (Å²) in [6, 6.07) is 0.383.